The van der Waals surface area contributed by atoms with E-state index in [-0.39, 0.29) is 5.97 Å². The number of nitrogens with zero attached hydrogens (tertiary/aromatic N) is 1. The smallest absolute Gasteiger partial charge is 0.305 e. The SMILES string of the molecule is COC(=O)CCc1csc(C2CC2(C)C)n1. The summed E-state index contributed by atoms with van der Waals surface area (Å²) >= 11 is 1.72. The van der Waals surface area contributed by atoms with Crippen molar-refractivity contribution in [2.24, 2.45) is 5.41 Å². The molecule has 1 aliphatic carbocycles. The quantitative estimate of drug-likeness (QED) is 0.758. The van der Waals surface area contributed by atoms with E-state index < -0.39 is 0 Å². The van der Waals surface area contributed by atoms with Gasteiger partial charge >= 0.3 is 5.97 Å². The maximum Gasteiger partial charge on any atom is 0.305 e. The van der Waals surface area contributed by atoms with Gasteiger partial charge in [0.15, 0.2) is 0 Å². The van der Waals surface area contributed by atoms with Gasteiger partial charge in [-0.2, -0.15) is 0 Å². The lowest BCUT2D eigenvalue weighted by atomic mass is 10.1. The van der Waals surface area contributed by atoms with Crippen LogP contribution in [-0.4, -0.2) is 18.1 Å². The van der Waals surface area contributed by atoms with E-state index in [0.29, 0.717) is 24.2 Å². The van der Waals surface area contributed by atoms with E-state index in [2.05, 4.69) is 28.9 Å². The van der Waals surface area contributed by atoms with Crippen LogP contribution in [0.25, 0.3) is 0 Å². The Kier molecular flexibility index (Phi) is 3.02. The average Bonchev–Trinajstić information content (AvgIpc) is 2.70. The molecule has 1 saturated carbocycles. The summed E-state index contributed by atoms with van der Waals surface area (Å²) in [6.45, 7) is 4.54. The minimum atomic E-state index is -0.165. The normalized spacial score (nSPS) is 21.8. The van der Waals surface area contributed by atoms with Gasteiger partial charge in [-0.3, -0.25) is 4.79 Å². The van der Waals surface area contributed by atoms with Crippen molar-refractivity contribution in [1.82, 2.24) is 4.98 Å². The third kappa shape index (κ3) is 2.43. The monoisotopic (exact) mass is 239 g/mol. The third-order valence-electron chi connectivity index (χ3n) is 3.19. The molecule has 0 aliphatic heterocycles. The van der Waals surface area contributed by atoms with Gasteiger partial charge in [0.2, 0.25) is 0 Å². The molecule has 16 heavy (non-hydrogen) atoms. The van der Waals surface area contributed by atoms with Crippen LogP contribution in [0.2, 0.25) is 0 Å². The second kappa shape index (κ2) is 4.17. The summed E-state index contributed by atoms with van der Waals surface area (Å²) < 4.78 is 4.61. The first-order valence-corrected chi connectivity index (χ1v) is 6.42. The van der Waals surface area contributed by atoms with Gasteiger partial charge in [0.05, 0.1) is 24.2 Å². The molecule has 1 aliphatic rings. The number of carbonyl (C=O) groups is 1. The van der Waals surface area contributed by atoms with Crippen molar-refractivity contribution in [3.05, 3.63) is 16.1 Å². The maximum atomic E-state index is 11.0. The predicted molar refractivity (Wildman–Crippen MR) is 63.6 cm³/mol. The van der Waals surface area contributed by atoms with E-state index in [4.69, 9.17) is 0 Å². The number of esters is 1. The molecule has 0 N–H and O–H groups in total. The molecule has 1 unspecified atom stereocenters. The number of thiazole rings is 1. The lowest BCUT2D eigenvalue weighted by Crippen LogP contribution is -2.02. The first-order chi connectivity index (χ1) is 7.53. The van der Waals surface area contributed by atoms with Crippen molar-refractivity contribution in [2.45, 2.75) is 39.0 Å². The summed E-state index contributed by atoms with van der Waals surface area (Å²) in [7, 11) is 1.42. The van der Waals surface area contributed by atoms with Gasteiger partial charge in [-0.05, 0) is 11.8 Å². The number of rotatable bonds is 4. The van der Waals surface area contributed by atoms with Crippen molar-refractivity contribution in [1.29, 1.82) is 0 Å². The highest BCUT2D eigenvalue weighted by molar-refractivity contribution is 7.09. The van der Waals surface area contributed by atoms with Crippen LogP contribution in [0.4, 0.5) is 0 Å². The molecule has 0 amide bonds. The molecule has 1 heterocycles. The molecule has 0 spiro atoms. The fourth-order valence-electron chi connectivity index (χ4n) is 1.82. The predicted octanol–water partition coefficient (Wildman–Crippen LogP) is 2.76. The summed E-state index contributed by atoms with van der Waals surface area (Å²) in [5.74, 6) is 0.464. The molecule has 4 heteroatoms. The van der Waals surface area contributed by atoms with Gasteiger partial charge in [0.1, 0.15) is 0 Å². The Morgan fingerprint density at radius 2 is 2.38 bits per heavy atom. The average molecular weight is 239 g/mol. The molecule has 1 atom stereocenters. The van der Waals surface area contributed by atoms with E-state index in [1.165, 1.54) is 18.5 Å². The van der Waals surface area contributed by atoms with Crippen LogP contribution in [0.3, 0.4) is 0 Å². The van der Waals surface area contributed by atoms with Crippen molar-refractivity contribution >= 4 is 17.3 Å². The number of hydrogen-bond acceptors (Lipinski definition) is 4. The van der Waals surface area contributed by atoms with Crippen molar-refractivity contribution in [3.63, 3.8) is 0 Å². The number of carbonyl (C=O) groups excluding carboxylic acids is 1. The van der Waals surface area contributed by atoms with Gasteiger partial charge < -0.3 is 4.74 Å². The van der Waals surface area contributed by atoms with Crippen LogP contribution in [0.5, 0.6) is 0 Å². The minimum Gasteiger partial charge on any atom is -0.469 e. The van der Waals surface area contributed by atoms with E-state index in [0.717, 1.165) is 5.69 Å². The highest BCUT2D eigenvalue weighted by atomic mass is 32.1. The van der Waals surface area contributed by atoms with Gasteiger partial charge in [0, 0.05) is 17.7 Å². The Bertz CT molecular complexity index is 397. The Morgan fingerprint density at radius 1 is 1.69 bits per heavy atom. The molecule has 2 rings (SSSR count). The molecule has 88 valence electrons. The summed E-state index contributed by atoms with van der Waals surface area (Å²) in [6, 6.07) is 0. The minimum absolute atomic E-state index is 0.165. The second-order valence-electron chi connectivity index (χ2n) is 5.00. The van der Waals surface area contributed by atoms with Crippen LogP contribution in [0.15, 0.2) is 5.38 Å². The molecular formula is C12H17NO2S. The zero-order valence-electron chi connectivity index (χ0n) is 9.95. The van der Waals surface area contributed by atoms with Crippen LogP contribution < -0.4 is 0 Å². The maximum absolute atomic E-state index is 11.0. The molecule has 0 aromatic carbocycles. The number of aryl methyl sites for hydroxylation is 1. The van der Waals surface area contributed by atoms with Crippen LogP contribution in [0, 0.1) is 5.41 Å². The van der Waals surface area contributed by atoms with Crippen molar-refractivity contribution in [2.75, 3.05) is 7.11 Å². The first kappa shape index (κ1) is 11.6. The van der Waals surface area contributed by atoms with E-state index in [1.807, 2.05) is 0 Å². The molecule has 0 saturated heterocycles. The first-order valence-electron chi connectivity index (χ1n) is 5.54. The number of methoxy groups -OCH3 is 1. The Labute approximate surface area is 99.8 Å². The zero-order chi connectivity index (χ0) is 11.8. The lowest BCUT2D eigenvalue weighted by molar-refractivity contribution is -0.140. The summed E-state index contributed by atoms with van der Waals surface area (Å²) in [4.78, 5) is 15.6. The van der Waals surface area contributed by atoms with Gasteiger partial charge in [-0.15, -0.1) is 11.3 Å². The third-order valence-corrected chi connectivity index (χ3v) is 4.20. The van der Waals surface area contributed by atoms with E-state index in [9.17, 15) is 4.79 Å². The molecule has 1 aromatic rings. The molecule has 0 bridgehead atoms. The molecule has 3 nitrogen and oxygen atoms in total. The fourth-order valence-corrected chi connectivity index (χ4v) is 2.98. The molecular weight excluding hydrogens is 222 g/mol. The van der Waals surface area contributed by atoms with Gasteiger partial charge in [0.25, 0.3) is 0 Å². The standard InChI is InChI=1S/C12H17NO2S/c1-12(2)6-9(12)11-13-8(7-16-11)4-5-10(14)15-3/h7,9H,4-6H2,1-3H3. The van der Waals surface area contributed by atoms with Gasteiger partial charge in [-0.1, -0.05) is 13.8 Å². The highest BCUT2D eigenvalue weighted by Crippen LogP contribution is 2.59. The van der Waals surface area contributed by atoms with E-state index >= 15 is 0 Å². The number of ether oxygens (including phenoxy) is 1. The Morgan fingerprint density at radius 3 is 2.94 bits per heavy atom. The van der Waals surface area contributed by atoms with Crippen LogP contribution in [-0.2, 0) is 16.0 Å². The van der Waals surface area contributed by atoms with Crippen molar-refractivity contribution < 1.29 is 9.53 Å². The Balaban J connectivity index is 1.91. The molecule has 1 fully saturated rings. The topological polar surface area (TPSA) is 39.2 Å². The van der Waals surface area contributed by atoms with Gasteiger partial charge in [-0.25, -0.2) is 4.98 Å². The number of hydrogen-bond donors (Lipinski definition) is 0. The number of aromatic nitrogens is 1. The van der Waals surface area contributed by atoms with Crippen LogP contribution in [0.1, 0.15) is 43.3 Å². The Hall–Kier alpha value is -0.900. The highest BCUT2D eigenvalue weighted by Gasteiger charge is 2.48. The zero-order valence-corrected chi connectivity index (χ0v) is 10.8. The summed E-state index contributed by atoms with van der Waals surface area (Å²) in [5.41, 5.74) is 1.45. The second-order valence-corrected chi connectivity index (χ2v) is 5.89. The van der Waals surface area contributed by atoms with Crippen LogP contribution >= 0.6 is 11.3 Å². The summed E-state index contributed by atoms with van der Waals surface area (Å²) in [5, 5.41) is 3.29. The molecule has 1 aromatic heterocycles. The summed E-state index contributed by atoms with van der Waals surface area (Å²) in [6.07, 6.45) is 2.35. The van der Waals surface area contributed by atoms with Crippen molar-refractivity contribution in [3.8, 4) is 0 Å². The lowest BCUT2D eigenvalue weighted by Gasteiger charge is -1.98. The van der Waals surface area contributed by atoms with E-state index in [1.54, 1.807) is 11.3 Å². The molecule has 0 radical (unpaired) electrons. The fraction of sp³-hybridized carbons (Fsp3) is 0.667. The largest absolute Gasteiger partial charge is 0.469 e.